The predicted molar refractivity (Wildman–Crippen MR) is 56.6 cm³/mol. The van der Waals surface area contributed by atoms with Crippen LogP contribution in [-0.4, -0.2) is 12.1 Å². The van der Waals surface area contributed by atoms with Crippen LogP contribution in [0, 0.1) is 0 Å². The van der Waals surface area contributed by atoms with Crippen LogP contribution in [0.3, 0.4) is 0 Å². The summed E-state index contributed by atoms with van der Waals surface area (Å²) in [7, 11) is 0. The van der Waals surface area contributed by atoms with Gasteiger partial charge in [-0.2, -0.15) is 0 Å². The number of benzene rings is 1. The molecule has 0 aliphatic heterocycles. The van der Waals surface area contributed by atoms with Crippen LogP contribution in [0.1, 0.15) is 6.92 Å². The Hall–Kier alpha value is 0.360. The summed E-state index contributed by atoms with van der Waals surface area (Å²) in [6, 6.07) is 2.73. The summed E-state index contributed by atoms with van der Waals surface area (Å²) in [4.78, 5) is 10.4. The van der Waals surface area contributed by atoms with E-state index in [1.165, 1.54) is 19.1 Å². The zero-order chi connectivity index (χ0) is 11.6. The fraction of sp³-hybridized carbons (Fsp3) is 0.222. The van der Waals surface area contributed by atoms with E-state index in [4.69, 9.17) is 39.5 Å². The van der Waals surface area contributed by atoms with Gasteiger partial charge in [0.25, 0.3) is 0 Å². The zero-order valence-electron chi connectivity index (χ0n) is 8.59. The smallest absolute Gasteiger partial charge is 0.546 e. The second kappa shape index (κ2) is 6.94. The third-order valence-corrected chi connectivity index (χ3v) is 2.63. The quantitative estimate of drug-likeness (QED) is 0.539. The van der Waals surface area contributed by atoms with Crippen LogP contribution < -0.4 is 39.4 Å². The SMILES string of the molecule is C[C@H](Oc1cc(Cl)c(Cl)cc1Cl)C(=O)[O-].[Na+]. The second-order valence-electron chi connectivity index (χ2n) is 2.78. The number of hydrogen-bond donors (Lipinski definition) is 0. The van der Waals surface area contributed by atoms with Crippen molar-refractivity contribution < 1.29 is 44.2 Å². The molecule has 0 amide bonds. The number of carboxylic acid groups (broad SMARTS) is 1. The largest absolute Gasteiger partial charge is 1.00 e. The second-order valence-corrected chi connectivity index (χ2v) is 4.00. The number of carbonyl (C=O) groups is 1. The summed E-state index contributed by atoms with van der Waals surface area (Å²) in [5.41, 5.74) is 0. The number of ether oxygens (including phenoxy) is 1. The van der Waals surface area contributed by atoms with Crippen molar-refractivity contribution in [3.05, 3.63) is 27.2 Å². The zero-order valence-corrected chi connectivity index (χ0v) is 12.9. The number of halogens is 3. The van der Waals surface area contributed by atoms with Crippen LogP contribution in [0.5, 0.6) is 5.75 Å². The monoisotopic (exact) mass is 290 g/mol. The van der Waals surface area contributed by atoms with Gasteiger partial charge in [0.1, 0.15) is 11.9 Å². The molecule has 0 saturated heterocycles. The Labute approximate surface area is 130 Å². The van der Waals surface area contributed by atoms with Gasteiger partial charge in [-0.3, -0.25) is 0 Å². The summed E-state index contributed by atoms with van der Waals surface area (Å²) < 4.78 is 5.01. The number of carbonyl (C=O) groups excluding carboxylic acids is 1. The Balaban J connectivity index is 0.00000225. The van der Waals surface area contributed by atoms with E-state index in [0.717, 1.165) is 0 Å². The van der Waals surface area contributed by atoms with E-state index in [0.29, 0.717) is 0 Å². The molecule has 82 valence electrons. The van der Waals surface area contributed by atoms with Crippen molar-refractivity contribution in [3.63, 3.8) is 0 Å². The molecule has 3 nitrogen and oxygen atoms in total. The van der Waals surface area contributed by atoms with Crippen LogP contribution in [0.25, 0.3) is 0 Å². The molecule has 0 unspecified atom stereocenters. The van der Waals surface area contributed by atoms with Crippen LogP contribution in [0.15, 0.2) is 12.1 Å². The van der Waals surface area contributed by atoms with Gasteiger partial charge in [0.15, 0.2) is 0 Å². The van der Waals surface area contributed by atoms with Crippen molar-refractivity contribution in [2.45, 2.75) is 13.0 Å². The maximum Gasteiger partial charge on any atom is 1.00 e. The van der Waals surface area contributed by atoms with E-state index >= 15 is 0 Å². The molecule has 0 bridgehead atoms. The summed E-state index contributed by atoms with van der Waals surface area (Å²) in [6.45, 7) is 1.33. The van der Waals surface area contributed by atoms with Crippen LogP contribution in [0.2, 0.25) is 15.1 Å². The van der Waals surface area contributed by atoms with Gasteiger partial charge >= 0.3 is 29.6 Å². The minimum absolute atomic E-state index is 0. The standard InChI is InChI=1S/C9H7Cl3O3.Na/c1-4(9(13)14)15-8-3-6(11)5(10)2-7(8)12;/h2-4H,1H3,(H,13,14);/q;+1/p-1/t4-;/m0./s1. The fourth-order valence-electron chi connectivity index (χ4n) is 0.833. The minimum atomic E-state index is -1.34. The van der Waals surface area contributed by atoms with Gasteiger partial charge in [-0.1, -0.05) is 34.8 Å². The van der Waals surface area contributed by atoms with Crippen molar-refractivity contribution in [3.8, 4) is 5.75 Å². The molecule has 1 rings (SSSR count). The van der Waals surface area contributed by atoms with Crippen LogP contribution in [-0.2, 0) is 4.79 Å². The molecule has 0 fully saturated rings. The van der Waals surface area contributed by atoms with E-state index in [9.17, 15) is 9.90 Å². The Morgan fingerprint density at radius 2 is 1.75 bits per heavy atom. The molecule has 0 radical (unpaired) electrons. The summed E-state index contributed by atoms with van der Waals surface area (Å²) in [5.74, 6) is -1.18. The first-order valence-corrected chi connectivity index (χ1v) is 5.07. The molecule has 0 N–H and O–H groups in total. The Morgan fingerprint density at radius 1 is 1.25 bits per heavy atom. The molecule has 0 heterocycles. The van der Waals surface area contributed by atoms with Crippen molar-refractivity contribution in [1.82, 2.24) is 0 Å². The fourth-order valence-corrected chi connectivity index (χ4v) is 1.41. The minimum Gasteiger partial charge on any atom is -0.546 e. The molecule has 0 aliphatic rings. The molecule has 1 aromatic carbocycles. The van der Waals surface area contributed by atoms with E-state index in [-0.39, 0.29) is 50.4 Å². The normalized spacial score (nSPS) is 11.5. The van der Waals surface area contributed by atoms with E-state index < -0.39 is 12.1 Å². The molecule has 0 aliphatic carbocycles. The van der Waals surface area contributed by atoms with Gasteiger partial charge in [0, 0.05) is 6.07 Å². The first-order valence-electron chi connectivity index (χ1n) is 3.94. The summed E-state index contributed by atoms with van der Waals surface area (Å²) in [5, 5.41) is 11.1. The van der Waals surface area contributed by atoms with E-state index in [1.54, 1.807) is 0 Å². The topological polar surface area (TPSA) is 49.4 Å². The maximum atomic E-state index is 10.4. The molecular formula is C9H6Cl3NaO3. The number of aliphatic carboxylic acids is 1. The van der Waals surface area contributed by atoms with Gasteiger partial charge in [0.05, 0.1) is 21.0 Å². The van der Waals surface area contributed by atoms with Crippen molar-refractivity contribution >= 4 is 40.8 Å². The van der Waals surface area contributed by atoms with Crippen molar-refractivity contribution in [2.24, 2.45) is 0 Å². The van der Waals surface area contributed by atoms with Gasteiger partial charge in [-0.05, 0) is 13.0 Å². The van der Waals surface area contributed by atoms with Gasteiger partial charge in [-0.15, -0.1) is 0 Å². The van der Waals surface area contributed by atoms with Gasteiger partial charge in [-0.25, -0.2) is 0 Å². The Bertz CT molecular complexity index is 398. The Kier molecular flexibility index (Phi) is 7.10. The molecule has 0 aromatic heterocycles. The predicted octanol–water partition coefficient (Wildman–Crippen LogP) is -0.832. The third kappa shape index (κ3) is 4.32. The number of rotatable bonds is 3. The average molecular weight is 291 g/mol. The summed E-state index contributed by atoms with van der Waals surface area (Å²) in [6.07, 6.45) is -1.11. The molecule has 7 heteroatoms. The maximum absolute atomic E-state index is 10.4. The van der Waals surface area contributed by atoms with Crippen LogP contribution in [0.4, 0.5) is 0 Å². The molecule has 1 aromatic rings. The molecule has 0 saturated carbocycles. The van der Waals surface area contributed by atoms with Crippen molar-refractivity contribution in [2.75, 3.05) is 0 Å². The molecule has 0 spiro atoms. The molecular weight excluding hydrogens is 285 g/mol. The Morgan fingerprint density at radius 3 is 2.25 bits per heavy atom. The average Bonchev–Trinajstić information content (AvgIpc) is 2.13. The first-order chi connectivity index (χ1) is 6.91. The van der Waals surface area contributed by atoms with E-state index in [2.05, 4.69) is 0 Å². The molecule has 1 atom stereocenters. The molecule has 16 heavy (non-hydrogen) atoms. The van der Waals surface area contributed by atoms with E-state index in [1.807, 2.05) is 0 Å². The van der Waals surface area contributed by atoms with Crippen molar-refractivity contribution in [1.29, 1.82) is 0 Å². The third-order valence-electron chi connectivity index (χ3n) is 1.61. The van der Waals surface area contributed by atoms with Gasteiger partial charge in [0.2, 0.25) is 0 Å². The van der Waals surface area contributed by atoms with Gasteiger partial charge < -0.3 is 14.6 Å². The number of carboxylic acids is 1. The van der Waals surface area contributed by atoms with Crippen LogP contribution >= 0.6 is 34.8 Å². The first kappa shape index (κ1) is 16.4. The summed E-state index contributed by atoms with van der Waals surface area (Å²) >= 11 is 17.2. The number of hydrogen-bond acceptors (Lipinski definition) is 3.